The molecular weight excluding hydrogens is 178 g/mol. The van der Waals surface area contributed by atoms with Crippen molar-refractivity contribution in [2.75, 3.05) is 5.32 Å². The molecule has 0 heterocycles. The molecule has 0 radical (unpaired) electrons. The zero-order valence-electron chi connectivity index (χ0n) is 8.50. The van der Waals surface area contributed by atoms with Gasteiger partial charge in [-0.05, 0) is 36.1 Å². The fourth-order valence-electron chi connectivity index (χ4n) is 1.55. The first-order valence-electron chi connectivity index (χ1n) is 4.77. The molecule has 0 aromatic heterocycles. The molecule has 2 N–H and O–H groups in total. The molecule has 3 heteroatoms. The van der Waals surface area contributed by atoms with E-state index in [1.165, 1.54) is 0 Å². The van der Waals surface area contributed by atoms with Gasteiger partial charge in [0.05, 0.1) is 0 Å². The maximum Gasteiger partial charge on any atom is 0.211 e. The smallest absolute Gasteiger partial charge is 0.211 e. The van der Waals surface area contributed by atoms with E-state index in [1.807, 2.05) is 13.8 Å². The highest BCUT2D eigenvalue weighted by molar-refractivity contribution is 5.76. The number of hydrogen-bond acceptors (Lipinski definition) is 2. The molecule has 0 bridgehead atoms. The van der Waals surface area contributed by atoms with E-state index in [2.05, 4.69) is 5.32 Å². The molecule has 0 fully saturated rings. The van der Waals surface area contributed by atoms with Crippen LogP contribution in [-0.2, 0) is 17.6 Å². The summed E-state index contributed by atoms with van der Waals surface area (Å²) in [5.41, 5.74) is 2.77. The van der Waals surface area contributed by atoms with Crippen molar-refractivity contribution < 1.29 is 9.90 Å². The van der Waals surface area contributed by atoms with E-state index in [4.69, 9.17) is 0 Å². The lowest BCUT2D eigenvalue weighted by atomic mass is 10.0. The second-order valence-electron chi connectivity index (χ2n) is 3.11. The number of carbonyl (C=O) groups excluding carboxylic acids is 1. The van der Waals surface area contributed by atoms with Crippen molar-refractivity contribution in [3.8, 4) is 5.75 Å². The first-order chi connectivity index (χ1) is 6.72. The highest BCUT2D eigenvalue weighted by Crippen LogP contribution is 2.27. The fraction of sp³-hybridized carbons (Fsp3) is 0.364. The molecule has 0 spiro atoms. The Morgan fingerprint density at radius 2 is 1.79 bits per heavy atom. The van der Waals surface area contributed by atoms with Gasteiger partial charge in [0.15, 0.2) is 0 Å². The second kappa shape index (κ2) is 4.65. The molecule has 76 valence electrons. The van der Waals surface area contributed by atoms with Crippen molar-refractivity contribution in [1.29, 1.82) is 0 Å². The average Bonchev–Trinajstić information content (AvgIpc) is 2.20. The van der Waals surface area contributed by atoms with Crippen LogP contribution in [-0.4, -0.2) is 11.5 Å². The summed E-state index contributed by atoms with van der Waals surface area (Å²) in [6, 6.07) is 3.37. The van der Waals surface area contributed by atoms with Crippen LogP contribution in [0.4, 0.5) is 5.69 Å². The van der Waals surface area contributed by atoms with Gasteiger partial charge in [-0.2, -0.15) is 0 Å². The van der Waals surface area contributed by atoms with Crippen molar-refractivity contribution >= 4 is 12.1 Å². The summed E-state index contributed by atoms with van der Waals surface area (Å²) in [5, 5.41) is 12.1. The van der Waals surface area contributed by atoms with Gasteiger partial charge in [0.1, 0.15) is 5.75 Å². The Morgan fingerprint density at radius 1 is 1.29 bits per heavy atom. The minimum absolute atomic E-state index is 0.259. The van der Waals surface area contributed by atoms with Crippen LogP contribution >= 0.6 is 0 Å². The molecular formula is C11H15NO2. The number of amides is 1. The summed E-state index contributed by atoms with van der Waals surface area (Å²) in [5.74, 6) is 0.259. The Bertz CT molecular complexity index is 309. The van der Waals surface area contributed by atoms with Crippen LogP contribution in [0.2, 0.25) is 0 Å². The molecule has 0 aliphatic rings. The predicted octanol–water partition coefficient (Wildman–Crippen LogP) is 2.09. The minimum atomic E-state index is 0.259. The van der Waals surface area contributed by atoms with Crippen LogP contribution in [0, 0.1) is 0 Å². The quantitative estimate of drug-likeness (QED) is 0.568. The van der Waals surface area contributed by atoms with Gasteiger partial charge in [0, 0.05) is 5.69 Å². The Morgan fingerprint density at radius 3 is 2.14 bits per heavy atom. The van der Waals surface area contributed by atoms with Gasteiger partial charge in [-0.25, -0.2) is 0 Å². The van der Waals surface area contributed by atoms with Crippen molar-refractivity contribution in [2.45, 2.75) is 26.7 Å². The van der Waals surface area contributed by atoms with E-state index in [-0.39, 0.29) is 5.75 Å². The van der Waals surface area contributed by atoms with Gasteiger partial charge in [0.25, 0.3) is 0 Å². The van der Waals surface area contributed by atoms with Crippen molar-refractivity contribution in [2.24, 2.45) is 0 Å². The normalized spacial score (nSPS) is 9.86. The van der Waals surface area contributed by atoms with Gasteiger partial charge in [-0.1, -0.05) is 13.8 Å². The number of hydrogen-bond donors (Lipinski definition) is 2. The summed E-state index contributed by atoms with van der Waals surface area (Å²) >= 11 is 0. The molecule has 1 rings (SSSR count). The summed E-state index contributed by atoms with van der Waals surface area (Å²) in [7, 11) is 0. The lowest BCUT2D eigenvalue weighted by molar-refractivity contribution is -0.105. The monoisotopic (exact) mass is 193 g/mol. The standard InChI is InChI=1S/C11H15NO2/c1-3-8-5-10(14)6-9(4-2)11(8)12-7-13/h5-7,14H,3-4H2,1-2H3,(H,12,13). The number of phenolic OH excluding ortho intramolecular Hbond substituents is 1. The van der Waals surface area contributed by atoms with Crippen LogP contribution in [0.1, 0.15) is 25.0 Å². The van der Waals surface area contributed by atoms with Crippen LogP contribution in [0.3, 0.4) is 0 Å². The van der Waals surface area contributed by atoms with E-state index in [0.29, 0.717) is 6.41 Å². The van der Waals surface area contributed by atoms with E-state index in [9.17, 15) is 9.90 Å². The third kappa shape index (κ3) is 2.05. The molecule has 14 heavy (non-hydrogen) atoms. The van der Waals surface area contributed by atoms with Crippen molar-refractivity contribution in [3.05, 3.63) is 23.3 Å². The summed E-state index contributed by atoms with van der Waals surface area (Å²) < 4.78 is 0. The largest absolute Gasteiger partial charge is 0.508 e. The number of nitrogens with one attached hydrogen (secondary N) is 1. The molecule has 1 aromatic carbocycles. The number of carbonyl (C=O) groups is 1. The summed E-state index contributed by atoms with van der Waals surface area (Å²) in [6.07, 6.45) is 2.25. The molecule has 1 aromatic rings. The molecule has 1 amide bonds. The predicted molar refractivity (Wildman–Crippen MR) is 56.5 cm³/mol. The number of aryl methyl sites for hydroxylation is 2. The number of anilines is 1. The SMILES string of the molecule is CCc1cc(O)cc(CC)c1NC=O. The third-order valence-electron chi connectivity index (χ3n) is 2.25. The van der Waals surface area contributed by atoms with E-state index in [1.54, 1.807) is 12.1 Å². The Kier molecular flexibility index (Phi) is 3.51. The lowest BCUT2D eigenvalue weighted by Gasteiger charge is -2.12. The van der Waals surface area contributed by atoms with Crippen LogP contribution in [0.5, 0.6) is 5.75 Å². The van der Waals surface area contributed by atoms with Gasteiger partial charge in [-0.15, -0.1) is 0 Å². The maximum atomic E-state index is 10.4. The van der Waals surface area contributed by atoms with Gasteiger partial charge < -0.3 is 10.4 Å². The molecule has 0 saturated carbocycles. The molecule has 0 aliphatic carbocycles. The summed E-state index contributed by atoms with van der Waals surface area (Å²) in [4.78, 5) is 10.4. The van der Waals surface area contributed by atoms with E-state index >= 15 is 0 Å². The lowest BCUT2D eigenvalue weighted by Crippen LogP contribution is -2.02. The molecule has 0 aliphatic heterocycles. The number of aromatic hydroxyl groups is 1. The number of rotatable bonds is 4. The molecule has 3 nitrogen and oxygen atoms in total. The fourth-order valence-corrected chi connectivity index (χ4v) is 1.55. The zero-order valence-corrected chi connectivity index (χ0v) is 8.50. The second-order valence-corrected chi connectivity index (χ2v) is 3.11. The molecule has 0 atom stereocenters. The van der Waals surface area contributed by atoms with Crippen LogP contribution < -0.4 is 5.32 Å². The number of phenols is 1. The highest BCUT2D eigenvalue weighted by Gasteiger charge is 2.07. The van der Waals surface area contributed by atoms with E-state index in [0.717, 1.165) is 29.7 Å². The zero-order chi connectivity index (χ0) is 10.6. The number of benzene rings is 1. The third-order valence-corrected chi connectivity index (χ3v) is 2.25. The first-order valence-corrected chi connectivity index (χ1v) is 4.77. The maximum absolute atomic E-state index is 10.4. The minimum Gasteiger partial charge on any atom is -0.508 e. The average molecular weight is 193 g/mol. The van der Waals surface area contributed by atoms with Gasteiger partial charge in [0.2, 0.25) is 6.41 Å². The Balaban J connectivity index is 3.24. The van der Waals surface area contributed by atoms with Crippen LogP contribution in [0.15, 0.2) is 12.1 Å². The van der Waals surface area contributed by atoms with Crippen LogP contribution in [0.25, 0.3) is 0 Å². The van der Waals surface area contributed by atoms with E-state index < -0.39 is 0 Å². The Labute approximate surface area is 83.8 Å². The molecule has 0 unspecified atom stereocenters. The van der Waals surface area contributed by atoms with Crippen molar-refractivity contribution in [3.63, 3.8) is 0 Å². The van der Waals surface area contributed by atoms with Crippen molar-refractivity contribution in [1.82, 2.24) is 0 Å². The van der Waals surface area contributed by atoms with Gasteiger partial charge >= 0.3 is 0 Å². The Hall–Kier alpha value is -1.51. The van der Waals surface area contributed by atoms with Gasteiger partial charge in [-0.3, -0.25) is 4.79 Å². The first kappa shape index (κ1) is 10.6. The molecule has 0 saturated heterocycles. The topological polar surface area (TPSA) is 49.3 Å². The highest BCUT2D eigenvalue weighted by atomic mass is 16.3. The summed E-state index contributed by atoms with van der Waals surface area (Å²) in [6.45, 7) is 3.98.